The lowest BCUT2D eigenvalue weighted by Crippen LogP contribution is -2.24. The van der Waals surface area contributed by atoms with Crippen LogP contribution in [-0.2, 0) is 13.2 Å². The molecule has 0 unspecified atom stereocenters. The molecule has 1 amide bonds. The summed E-state index contributed by atoms with van der Waals surface area (Å²) in [6.07, 6.45) is 3.41. The normalized spacial score (nSPS) is 10.8. The van der Waals surface area contributed by atoms with Crippen LogP contribution < -0.4 is 5.32 Å². The Morgan fingerprint density at radius 3 is 2.43 bits per heavy atom. The quantitative estimate of drug-likeness (QED) is 0.562. The van der Waals surface area contributed by atoms with E-state index < -0.39 is 0 Å². The number of aromatic nitrogens is 2. The highest BCUT2D eigenvalue weighted by molar-refractivity contribution is 6.07. The summed E-state index contributed by atoms with van der Waals surface area (Å²) in [5.74, 6) is -0.179. The van der Waals surface area contributed by atoms with Crippen molar-refractivity contribution in [3.63, 3.8) is 0 Å². The highest BCUT2D eigenvalue weighted by atomic mass is 16.3. The summed E-state index contributed by atoms with van der Waals surface area (Å²) in [5.41, 5.74) is 4.66. The van der Waals surface area contributed by atoms with E-state index in [1.807, 2.05) is 66.7 Å². The highest BCUT2D eigenvalue weighted by Gasteiger charge is 2.14. The molecule has 138 valence electrons. The summed E-state index contributed by atoms with van der Waals surface area (Å²) in [7, 11) is 0. The number of nitrogens with one attached hydrogen (secondary N) is 1. The highest BCUT2D eigenvalue weighted by Crippen LogP contribution is 2.24. The van der Waals surface area contributed by atoms with E-state index in [2.05, 4.69) is 10.3 Å². The average Bonchev–Trinajstić information content (AvgIpc) is 2.77. The fourth-order valence-corrected chi connectivity index (χ4v) is 3.19. The lowest BCUT2D eigenvalue weighted by Gasteiger charge is -2.12. The molecule has 2 aromatic heterocycles. The number of carbonyl (C=O) groups excluding carboxylic acids is 1. The molecular formula is C23H19N3O2. The van der Waals surface area contributed by atoms with Crippen LogP contribution >= 0.6 is 0 Å². The number of hydrogen-bond donors (Lipinski definition) is 2. The van der Waals surface area contributed by atoms with Crippen molar-refractivity contribution < 1.29 is 9.90 Å². The number of pyridine rings is 2. The van der Waals surface area contributed by atoms with Crippen LogP contribution in [0.25, 0.3) is 22.2 Å². The van der Waals surface area contributed by atoms with Crippen LogP contribution in [0.15, 0.2) is 79.1 Å². The van der Waals surface area contributed by atoms with Crippen LogP contribution in [0.4, 0.5) is 0 Å². The van der Waals surface area contributed by atoms with Gasteiger partial charge in [0, 0.05) is 29.9 Å². The first kappa shape index (κ1) is 17.8. The molecule has 0 aliphatic heterocycles. The van der Waals surface area contributed by atoms with Crippen molar-refractivity contribution in [2.45, 2.75) is 13.2 Å². The second-order valence-corrected chi connectivity index (χ2v) is 6.42. The van der Waals surface area contributed by atoms with Crippen LogP contribution in [0.5, 0.6) is 0 Å². The minimum absolute atomic E-state index is 0.0591. The number of fused-ring (bicyclic) bond motifs is 1. The van der Waals surface area contributed by atoms with Gasteiger partial charge in [-0.25, -0.2) is 4.98 Å². The van der Waals surface area contributed by atoms with E-state index in [0.29, 0.717) is 12.1 Å². The third-order valence-corrected chi connectivity index (χ3v) is 4.67. The Hall–Kier alpha value is -3.57. The zero-order valence-electron chi connectivity index (χ0n) is 15.2. The molecule has 0 spiro atoms. The maximum atomic E-state index is 13.0. The Morgan fingerprint density at radius 1 is 0.929 bits per heavy atom. The molecule has 0 atom stereocenters. The van der Waals surface area contributed by atoms with E-state index in [0.717, 1.165) is 33.3 Å². The molecule has 2 heterocycles. The molecule has 5 heteroatoms. The van der Waals surface area contributed by atoms with E-state index in [1.54, 1.807) is 12.4 Å². The number of amides is 1. The molecule has 0 bridgehead atoms. The molecule has 0 fully saturated rings. The lowest BCUT2D eigenvalue weighted by atomic mass is 10.0. The zero-order chi connectivity index (χ0) is 19.3. The number of aliphatic hydroxyl groups is 1. The van der Waals surface area contributed by atoms with Crippen molar-refractivity contribution in [1.29, 1.82) is 0 Å². The van der Waals surface area contributed by atoms with Crippen molar-refractivity contribution >= 4 is 16.8 Å². The zero-order valence-corrected chi connectivity index (χ0v) is 15.2. The van der Waals surface area contributed by atoms with Crippen LogP contribution in [0, 0.1) is 0 Å². The fraction of sp³-hybridized carbons (Fsp3) is 0.0870. The first-order valence-electron chi connectivity index (χ1n) is 9.02. The maximum Gasteiger partial charge on any atom is 0.252 e. The Morgan fingerprint density at radius 2 is 1.64 bits per heavy atom. The van der Waals surface area contributed by atoms with Gasteiger partial charge >= 0.3 is 0 Å². The minimum Gasteiger partial charge on any atom is -0.392 e. The van der Waals surface area contributed by atoms with Crippen LogP contribution in [0.2, 0.25) is 0 Å². The predicted molar refractivity (Wildman–Crippen MR) is 109 cm³/mol. The fourth-order valence-electron chi connectivity index (χ4n) is 3.19. The number of benzene rings is 2. The van der Waals surface area contributed by atoms with Gasteiger partial charge in [-0.3, -0.25) is 9.78 Å². The number of rotatable bonds is 5. The third-order valence-electron chi connectivity index (χ3n) is 4.67. The number of aliphatic hydroxyl groups excluding tert-OH is 1. The summed E-state index contributed by atoms with van der Waals surface area (Å²) in [6.45, 7) is 0.285. The summed E-state index contributed by atoms with van der Waals surface area (Å²) in [4.78, 5) is 21.7. The van der Waals surface area contributed by atoms with Crippen molar-refractivity contribution in [2.24, 2.45) is 0 Å². The van der Waals surface area contributed by atoms with Gasteiger partial charge < -0.3 is 10.4 Å². The second kappa shape index (κ2) is 7.98. The van der Waals surface area contributed by atoms with E-state index in [1.165, 1.54) is 0 Å². The van der Waals surface area contributed by atoms with E-state index >= 15 is 0 Å². The molecular weight excluding hydrogens is 350 g/mol. The van der Waals surface area contributed by atoms with Crippen LogP contribution in [0.1, 0.15) is 21.5 Å². The van der Waals surface area contributed by atoms with Crippen LogP contribution in [0.3, 0.4) is 0 Å². The molecule has 4 rings (SSSR count). The van der Waals surface area contributed by atoms with Crippen molar-refractivity contribution in [1.82, 2.24) is 15.3 Å². The van der Waals surface area contributed by atoms with Gasteiger partial charge in [-0.2, -0.15) is 0 Å². The first-order valence-corrected chi connectivity index (χ1v) is 9.02. The monoisotopic (exact) mass is 369 g/mol. The Kier molecular flexibility index (Phi) is 5.08. The van der Waals surface area contributed by atoms with Gasteiger partial charge in [-0.05, 0) is 35.4 Å². The molecule has 0 aliphatic rings. The number of nitrogens with zero attached hydrogens (tertiary/aromatic N) is 2. The molecule has 4 aromatic rings. The van der Waals surface area contributed by atoms with Crippen LogP contribution in [-0.4, -0.2) is 21.0 Å². The standard InChI is InChI=1S/C23H19N3O2/c27-15-18-6-2-1-5-17(18)14-25-23(28)20-13-22(16-9-11-24-12-10-16)26-21-8-4-3-7-19(20)21/h1-13,27H,14-15H2,(H,25,28). The van der Waals surface area contributed by atoms with Gasteiger partial charge in [-0.1, -0.05) is 42.5 Å². The molecule has 5 nitrogen and oxygen atoms in total. The second-order valence-electron chi connectivity index (χ2n) is 6.42. The summed E-state index contributed by atoms with van der Waals surface area (Å²) in [6, 6.07) is 20.7. The SMILES string of the molecule is O=C(NCc1ccccc1CO)c1cc(-c2ccncc2)nc2ccccc12. The predicted octanol–water partition coefficient (Wildman–Crippen LogP) is 3.72. The average molecular weight is 369 g/mol. The maximum absolute atomic E-state index is 13.0. The van der Waals surface area contributed by atoms with Crippen molar-refractivity contribution in [3.05, 3.63) is 95.8 Å². The number of hydrogen-bond acceptors (Lipinski definition) is 4. The lowest BCUT2D eigenvalue weighted by molar-refractivity contribution is 0.0952. The topological polar surface area (TPSA) is 75.1 Å². The molecule has 0 radical (unpaired) electrons. The van der Waals surface area contributed by atoms with E-state index in [-0.39, 0.29) is 12.5 Å². The summed E-state index contributed by atoms with van der Waals surface area (Å²) in [5, 5.41) is 13.2. The Balaban J connectivity index is 1.69. The molecule has 2 aromatic carbocycles. The van der Waals surface area contributed by atoms with Gasteiger partial charge in [0.2, 0.25) is 0 Å². The molecule has 0 saturated heterocycles. The van der Waals surface area contributed by atoms with Crippen molar-refractivity contribution in [2.75, 3.05) is 0 Å². The summed E-state index contributed by atoms with van der Waals surface area (Å²) >= 11 is 0. The van der Waals surface area contributed by atoms with Gasteiger partial charge in [0.15, 0.2) is 0 Å². The Bertz CT molecular complexity index is 1130. The smallest absolute Gasteiger partial charge is 0.252 e. The molecule has 0 saturated carbocycles. The number of carbonyl (C=O) groups is 1. The van der Waals surface area contributed by atoms with E-state index in [9.17, 15) is 9.90 Å². The minimum atomic E-state index is -0.179. The first-order chi connectivity index (χ1) is 13.8. The third kappa shape index (κ3) is 3.61. The molecule has 2 N–H and O–H groups in total. The largest absolute Gasteiger partial charge is 0.392 e. The molecule has 0 aliphatic carbocycles. The van der Waals surface area contributed by atoms with E-state index in [4.69, 9.17) is 4.98 Å². The Labute approximate surface area is 162 Å². The van der Waals surface area contributed by atoms with Gasteiger partial charge in [0.05, 0.1) is 23.4 Å². The summed E-state index contributed by atoms with van der Waals surface area (Å²) < 4.78 is 0. The van der Waals surface area contributed by atoms with Gasteiger partial charge in [0.1, 0.15) is 0 Å². The molecule has 28 heavy (non-hydrogen) atoms. The van der Waals surface area contributed by atoms with Gasteiger partial charge in [-0.15, -0.1) is 0 Å². The van der Waals surface area contributed by atoms with Gasteiger partial charge in [0.25, 0.3) is 5.91 Å². The van der Waals surface area contributed by atoms with Crippen molar-refractivity contribution in [3.8, 4) is 11.3 Å². The number of para-hydroxylation sites is 1.